The molecular formula is C18H16N4O2S. The van der Waals surface area contributed by atoms with Crippen LogP contribution in [0.15, 0.2) is 53.2 Å². The molecule has 1 aromatic carbocycles. The lowest BCUT2D eigenvalue weighted by Gasteiger charge is -2.21. The molecule has 3 heterocycles. The van der Waals surface area contributed by atoms with Crippen LogP contribution in [0.1, 0.15) is 22.9 Å². The fraction of sp³-hybridized carbons (Fsp3) is 0.222. The second-order valence-corrected chi connectivity index (χ2v) is 6.67. The van der Waals surface area contributed by atoms with Crippen LogP contribution in [-0.2, 0) is 9.53 Å². The number of amides is 1. The van der Waals surface area contributed by atoms with Crippen molar-refractivity contribution in [3.05, 3.63) is 58.5 Å². The Balaban J connectivity index is 1.71. The Kier molecular flexibility index (Phi) is 4.25. The van der Waals surface area contributed by atoms with Gasteiger partial charge in [0.05, 0.1) is 27.7 Å². The van der Waals surface area contributed by atoms with Gasteiger partial charge in [-0.1, -0.05) is 12.1 Å². The van der Waals surface area contributed by atoms with E-state index in [9.17, 15) is 4.79 Å². The zero-order valence-electron chi connectivity index (χ0n) is 13.6. The first-order valence-corrected chi connectivity index (χ1v) is 8.77. The Morgan fingerprint density at radius 2 is 2.12 bits per heavy atom. The summed E-state index contributed by atoms with van der Waals surface area (Å²) >= 11 is 1.62. The van der Waals surface area contributed by atoms with Crippen LogP contribution in [0.4, 0.5) is 0 Å². The van der Waals surface area contributed by atoms with E-state index in [2.05, 4.69) is 15.1 Å². The minimum Gasteiger partial charge on any atom is -0.375 e. The van der Waals surface area contributed by atoms with E-state index < -0.39 is 0 Å². The number of benzene rings is 1. The number of aromatic nitrogens is 2. The van der Waals surface area contributed by atoms with Crippen LogP contribution in [0, 0.1) is 0 Å². The van der Waals surface area contributed by atoms with Crippen molar-refractivity contribution in [1.29, 1.82) is 0 Å². The summed E-state index contributed by atoms with van der Waals surface area (Å²) in [5, 5.41) is 8.13. The average molecular weight is 352 g/mol. The molecule has 0 spiro atoms. The van der Waals surface area contributed by atoms with Gasteiger partial charge in [0.2, 0.25) is 0 Å². The average Bonchev–Trinajstić information content (AvgIpc) is 3.31. The van der Waals surface area contributed by atoms with Crippen molar-refractivity contribution in [3.63, 3.8) is 0 Å². The molecule has 7 heteroatoms. The highest BCUT2D eigenvalue weighted by Crippen LogP contribution is 2.34. The quantitative estimate of drug-likeness (QED) is 0.724. The standard InChI is InChI=1S/C18H16N4O2S/c1-24-11-18(23)22-16(10-15(21-22)17-3-2-8-25-17)12-4-5-13-14(9-12)20-7-6-19-13/h2-9,16H,10-11H2,1H3/t16-/m0/s1. The van der Waals surface area contributed by atoms with Crippen LogP contribution < -0.4 is 0 Å². The van der Waals surface area contributed by atoms with Crippen molar-refractivity contribution in [3.8, 4) is 0 Å². The number of methoxy groups -OCH3 is 1. The van der Waals surface area contributed by atoms with Gasteiger partial charge in [-0.25, -0.2) is 5.01 Å². The van der Waals surface area contributed by atoms with Crippen molar-refractivity contribution in [2.24, 2.45) is 5.10 Å². The summed E-state index contributed by atoms with van der Waals surface area (Å²) in [5.74, 6) is -0.154. The number of fused-ring (bicyclic) bond motifs is 1. The Bertz CT molecular complexity index is 939. The number of carbonyl (C=O) groups excluding carboxylic acids is 1. The lowest BCUT2D eigenvalue weighted by molar-refractivity contribution is -0.136. The monoisotopic (exact) mass is 352 g/mol. The largest absolute Gasteiger partial charge is 0.375 e. The number of hydrogen-bond donors (Lipinski definition) is 0. The number of hydrogen-bond acceptors (Lipinski definition) is 6. The summed E-state index contributed by atoms with van der Waals surface area (Å²) in [4.78, 5) is 22.2. The van der Waals surface area contributed by atoms with Crippen molar-refractivity contribution in [2.75, 3.05) is 13.7 Å². The van der Waals surface area contributed by atoms with Crippen LogP contribution >= 0.6 is 11.3 Å². The van der Waals surface area contributed by atoms with Gasteiger partial charge in [0.15, 0.2) is 0 Å². The predicted octanol–water partition coefficient (Wildman–Crippen LogP) is 3.02. The van der Waals surface area contributed by atoms with Gasteiger partial charge >= 0.3 is 0 Å². The van der Waals surface area contributed by atoms with E-state index in [1.807, 2.05) is 35.7 Å². The maximum Gasteiger partial charge on any atom is 0.269 e. The van der Waals surface area contributed by atoms with Crippen molar-refractivity contribution >= 4 is 34.0 Å². The van der Waals surface area contributed by atoms with Gasteiger partial charge in [-0.05, 0) is 29.1 Å². The molecule has 126 valence electrons. The zero-order chi connectivity index (χ0) is 17.2. The lowest BCUT2D eigenvalue weighted by atomic mass is 10.0. The topological polar surface area (TPSA) is 67.7 Å². The number of thiophene rings is 1. The molecule has 0 unspecified atom stereocenters. The van der Waals surface area contributed by atoms with Gasteiger partial charge in [-0.2, -0.15) is 5.10 Å². The lowest BCUT2D eigenvalue weighted by Crippen LogP contribution is -2.30. The normalized spacial score (nSPS) is 17.1. The van der Waals surface area contributed by atoms with Gasteiger partial charge in [0, 0.05) is 25.9 Å². The molecule has 0 saturated heterocycles. The third-order valence-corrected chi connectivity index (χ3v) is 5.04. The highest BCUT2D eigenvalue weighted by atomic mass is 32.1. The van der Waals surface area contributed by atoms with Crippen molar-refractivity contribution in [1.82, 2.24) is 15.0 Å². The smallest absolute Gasteiger partial charge is 0.269 e. The van der Waals surface area contributed by atoms with E-state index >= 15 is 0 Å². The van der Waals surface area contributed by atoms with Crippen molar-refractivity contribution in [2.45, 2.75) is 12.5 Å². The van der Waals surface area contributed by atoms with Crippen LogP contribution in [-0.4, -0.2) is 40.3 Å². The molecule has 1 aliphatic heterocycles. The minimum absolute atomic E-state index is 0.00507. The van der Waals surface area contributed by atoms with E-state index in [0.29, 0.717) is 6.42 Å². The van der Waals surface area contributed by atoms with Crippen LogP contribution in [0.25, 0.3) is 11.0 Å². The summed E-state index contributed by atoms with van der Waals surface area (Å²) < 4.78 is 5.02. The highest BCUT2D eigenvalue weighted by molar-refractivity contribution is 7.12. The summed E-state index contributed by atoms with van der Waals surface area (Å²) in [5.41, 5.74) is 3.55. The second kappa shape index (κ2) is 6.70. The number of rotatable bonds is 4. The Hall–Kier alpha value is -2.64. The SMILES string of the molecule is COCC(=O)N1N=C(c2cccs2)C[C@H]1c1ccc2nccnc2c1. The molecule has 0 bridgehead atoms. The highest BCUT2D eigenvalue weighted by Gasteiger charge is 2.33. The number of nitrogens with zero attached hydrogens (tertiary/aromatic N) is 4. The van der Waals surface area contributed by atoms with Crippen molar-refractivity contribution < 1.29 is 9.53 Å². The molecule has 0 saturated carbocycles. The molecule has 1 amide bonds. The molecule has 1 atom stereocenters. The molecule has 1 aliphatic rings. The maximum atomic E-state index is 12.5. The molecule has 0 radical (unpaired) electrons. The van der Waals surface area contributed by atoms with Gasteiger partial charge < -0.3 is 4.74 Å². The summed E-state index contributed by atoms with van der Waals surface area (Å²) in [6.07, 6.45) is 4.01. The first-order valence-electron chi connectivity index (χ1n) is 7.89. The van der Waals surface area contributed by atoms with Gasteiger partial charge in [-0.3, -0.25) is 14.8 Å². The summed E-state index contributed by atoms with van der Waals surface area (Å²) in [6.45, 7) is 0.00507. The molecule has 0 fully saturated rings. The molecule has 3 aromatic rings. The predicted molar refractivity (Wildman–Crippen MR) is 96.5 cm³/mol. The van der Waals surface area contributed by atoms with Gasteiger partial charge in [-0.15, -0.1) is 11.3 Å². The van der Waals surface area contributed by atoms with Crippen LogP contribution in [0.5, 0.6) is 0 Å². The van der Waals surface area contributed by atoms with E-state index in [1.54, 1.807) is 23.7 Å². The molecule has 6 nitrogen and oxygen atoms in total. The Labute approximate surface area is 148 Å². The van der Waals surface area contributed by atoms with E-state index in [1.165, 1.54) is 12.1 Å². The molecule has 0 aliphatic carbocycles. The molecular weight excluding hydrogens is 336 g/mol. The van der Waals surface area contributed by atoms with E-state index in [-0.39, 0.29) is 18.6 Å². The third-order valence-electron chi connectivity index (χ3n) is 4.12. The van der Waals surface area contributed by atoms with Gasteiger partial charge in [0.25, 0.3) is 5.91 Å². The molecule has 2 aromatic heterocycles. The van der Waals surface area contributed by atoms with E-state index in [0.717, 1.165) is 27.2 Å². The number of carbonyl (C=O) groups is 1. The van der Waals surface area contributed by atoms with Crippen LogP contribution in [0.2, 0.25) is 0 Å². The summed E-state index contributed by atoms with van der Waals surface area (Å²) in [7, 11) is 1.51. The molecule has 25 heavy (non-hydrogen) atoms. The summed E-state index contributed by atoms with van der Waals surface area (Å²) in [6, 6.07) is 9.75. The zero-order valence-corrected chi connectivity index (χ0v) is 14.4. The molecule has 0 N–H and O–H groups in total. The first-order chi connectivity index (χ1) is 12.3. The first kappa shape index (κ1) is 15.9. The fourth-order valence-electron chi connectivity index (χ4n) is 2.97. The molecule has 4 rings (SSSR count). The Morgan fingerprint density at radius 3 is 2.88 bits per heavy atom. The minimum atomic E-state index is -0.161. The van der Waals surface area contributed by atoms with E-state index in [4.69, 9.17) is 4.74 Å². The third kappa shape index (κ3) is 3.04. The number of hydrazone groups is 1. The fourth-order valence-corrected chi connectivity index (χ4v) is 3.69. The maximum absolute atomic E-state index is 12.5. The Morgan fingerprint density at radius 1 is 1.28 bits per heavy atom. The van der Waals surface area contributed by atoms with Gasteiger partial charge in [0.1, 0.15) is 6.61 Å². The van der Waals surface area contributed by atoms with Crippen LogP contribution in [0.3, 0.4) is 0 Å². The second-order valence-electron chi connectivity index (χ2n) is 5.72. The number of ether oxygens (including phenoxy) is 1.